The van der Waals surface area contributed by atoms with Gasteiger partial charge in [-0.05, 0) is 43.2 Å². The number of carbonyl (C=O) groups is 1. The van der Waals surface area contributed by atoms with E-state index in [2.05, 4.69) is 27.4 Å². The summed E-state index contributed by atoms with van der Waals surface area (Å²) in [5.41, 5.74) is 2.13. The monoisotopic (exact) mass is 408 g/mol. The zero-order valence-electron chi connectivity index (χ0n) is 15.8. The zero-order valence-corrected chi connectivity index (χ0v) is 16.7. The van der Waals surface area contributed by atoms with Gasteiger partial charge in [0.25, 0.3) is 0 Å². The third-order valence-corrected chi connectivity index (χ3v) is 6.81. The Bertz CT molecular complexity index is 1220. The molecule has 1 aliphatic heterocycles. The van der Waals surface area contributed by atoms with E-state index in [1.807, 2.05) is 43.3 Å². The molecule has 1 atom stereocenters. The Balaban J connectivity index is 1.47. The lowest BCUT2D eigenvalue weighted by atomic mass is 10.1. The first-order chi connectivity index (χ1) is 14.0. The molecule has 1 amide bonds. The van der Waals surface area contributed by atoms with Crippen molar-refractivity contribution in [3.05, 3.63) is 59.8 Å². The minimum Gasteiger partial charge on any atom is -0.344 e. The van der Waals surface area contributed by atoms with Crippen LogP contribution in [0.4, 0.5) is 0 Å². The molecule has 4 rings (SSSR count). The molecule has 7 nitrogen and oxygen atoms in total. The van der Waals surface area contributed by atoms with Crippen molar-refractivity contribution in [2.75, 3.05) is 13.1 Å². The number of hydrogen-bond donors (Lipinski definition) is 2. The highest BCUT2D eigenvalue weighted by Crippen LogP contribution is 2.31. The van der Waals surface area contributed by atoms with Gasteiger partial charge in [-0.15, -0.1) is 0 Å². The van der Waals surface area contributed by atoms with Gasteiger partial charge >= 0.3 is 0 Å². The molecule has 1 aromatic heterocycles. The van der Waals surface area contributed by atoms with Crippen LogP contribution in [-0.2, 0) is 14.8 Å². The standard InChI is InChI=1S/C21H20N4O3S/c1-15-12-17-14-23-24-20(17)19(13-15)29(27,28)25-11-9-18(25)21(26)22-10-5-8-16-6-3-2-4-7-16/h2-4,6-7,12-14,18H,9-11H2,1H3,(H,22,26)(H,23,24)/t18-/m0/s1. The summed E-state index contributed by atoms with van der Waals surface area (Å²) in [6, 6.07) is 12.2. The van der Waals surface area contributed by atoms with E-state index in [4.69, 9.17) is 0 Å². The number of nitrogens with one attached hydrogen (secondary N) is 2. The normalized spacial score (nSPS) is 16.7. The maximum atomic E-state index is 13.2. The van der Waals surface area contributed by atoms with Gasteiger partial charge in [-0.2, -0.15) is 9.40 Å². The van der Waals surface area contributed by atoms with Crippen LogP contribution in [0.2, 0.25) is 0 Å². The smallest absolute Gasteiger partial charge is 0.245 e. The van der Waals surface area contributed by atoms with E-state index < -0.39 is 16.1 Å². The molecule has 0 saturated carbocycles. The second kappa shape index (κ2) is 7.70. The molecule has 1 aliphatic rings. The number of nitrogens with zero attached hydrogens (tertiary/aromatic N) is 2. The number of carbonyl (C=O) groups excluding carboxylic acids is 1. The van der Waals surface area contributed by atoms with E-state index in [-0.39, 0.29) is 17.3 Å². The summed E-state index contributed by atoms with van der Waals surface area (Å²) >= 11 is 0. The Morgan fingerprint density at radius 2 is 2.10 bits per heavy atom. The topological polar surface area (TPSA) is 95.2 Å². The molecule has 8 heteroatoms. The highest BCUT2D eigenvalue weighted by atomic mass is 32.2. The molecule has 3 aromatic rings. The molecule has 0 spiro atoms. The van der Waals surface area contributed by atoms with E-state index in [1.165, 1.54) is 4.31 Å². The lowest BCUT2D eigenvalue weighted by molar-refractivity contribution is -0.127. The van der Waals surface area contributed by atoms with Crippen LogP contribution in [0, 0.1) is 18.8 Å². The van der Waals surface area contributed by atoms with E-state index in [1.54, 1.807) is 12.3 Å². The van der Waals surface area contributed by atoms with Crippen LogP contribution in [0.15, 0.2) is 53.6 Å². The van der Waals surface area contributed by atoms with Crippen molar-refractivity contribution < 1.29 is 13.2 Å². The number of benzene rings is 2. The molecule has 148 valence electrons. The number of aromatic nitrogens is 2. The third kappa shape index (κ3) is 3.75. The highest BCUT2D eigenvalue weighted by Gasteiger charge is 2.43. The summed E-state index contributed by atoms with van der Waals surface area (Å²) in [6.45, 7) is 2.30. The number of sulfonamides is 1. The van der Waals surface area contributed by atoms with Gasteiger partial charge in [0.05, 0.1) is 18.3 Å². The number of fused-ring (bicyclic) bond motifs is 1. The predicted octanol–water partition coefficient (Wildman–Crippen LogP) is 1.80. The van der Waals surface area contributed by atoms with Gasteiger partial charge < -0.3 is 5.32 Å². The fraction of sp³-hybridized carbons (Fsp3) is 0.238. The molecular formula is C21H20N4O3S. The van der Waals surface area contributed by atoms with Crippen molar-refractivity contribution in [1.82, 2.24) is 19.8 Å². The minimum atomic E-state index is -3.82. The molecule has 29 heavy (non-hydrogen) atoms. The van der Waals surface area contributed by atoms with Gasteiger partial charge in [0.2, 0.25) is 15.9 Å². The van der Waals surface area contributed by atoms with Gasteiger partial charge in [0.1, 0.15) is 10.9 Å². The number of H-pyrrole nitrogens is 1. The molecule has 2 aromatic carbocycles. The first-order valence-corrected chi connectivity index (χ1v) is 10.7. The molecule has 0 radical (unpaired) electrons. The Hall–Kier alpha value is -3.15. The quantitative estimate of drug-likeness (QED) is 0.644. The highest BCUT2D eigenvalue weighted by molar-refractivity contribution is 7.89. The van der Waals surface area contributed by atoms with Gasteiger partial charge in [-0.1, -0.05) is 30.0 Å². The zero-order chi connectivity index (χ0) is 20.4. The largest absolute Gasteiger partial charge is 0.344 e. The summed E-state index contributed by atoms with van der Waals surface area (Å²) < 4.78 is 27.6. The molecule has 2 N–H and O–H groups in total. The van der Waals surface area contributed by atoms with E-state index in [9.17, 15) is 13.2 Å². The lowest BCUT2D eigenvalue weighted by Gasteiger charge is -2.38. The molecule has 0 unspecified atom stereocenters. The Morgan fingerprint density at radius 3 is 2.83 bits per heavy atom. The first kappa shape index (κ1) is 19.2. The Morgan fingerprint density at radius 1 is 1.31 bits per heavy atom. The third-order valence-electron chi connectivity index (χ3n) is 4.87. The summed E-state index contributed by atoms with van der Waals surface area (Å²) in [5, 5.41) is 10.1. The molecular weight excluding hydrogens is 388 g/mol. The van der Waals surface area contributed by atoms with Crippen molar-refractivity contribution in [3.63, 3.8) is 0 Å². The van der Waals surface area contributed by atoms with E-state index in [0.717, 1.165) is 16.5 Å². The second-order valence-electron chi connectivity index (χ2n) is 6.90. The van der Waals surface area contributed by atoms with Crippen LogP contribution in [0.5, 0.6) is 0 Å². The van der Waals surface area contributed by atoms with Crippen LogP contribution < -0.4 is 5.32 Å². The molecule has 1 saturated heterocycles. The molecule has 2 heterocycles. The fourth-order valence-electron chi connectivity index (χ4n) is 3.33. The van der Waals surface area contributed by atoms with Gasteiger partial charge in [0.15, 0.2) is 0 Å². The van der Waals surface area contributed by atoms with Crippen molar-refractivity contribution in [1.29, 1.82) is 0 Å². The molecule has 1 fully saturated rings. The van der Waals surface area contributed by atoms with Crippen LogP contribution in [-0.4, -0.2) is 48.0 Å². The van der Waals surface area contributed by atoms with Crippen LogP contribution in [0.25, 0.3) is 10.9 Å². The minimum absolute atomic E-state index is 0.145. The Kier molecular flexibility index (Phi) is 5.09. The maximum absolute atomic E-state index is 13.2. The second-order valence-corrected chi connectivity index (χ2v) is 8.76. The Labute approximate surface area is 169 Å². The molecule has 0 bridgehead atoms. The summed E-state index contributed by atoms with van der Waals surface area (Å²) in [6.07, 6.45) is 2.07. The van der Waals surface area contributed by atoms with Crippen molar-refractivity contribution >= 4 is 26.8 Å². The SMILES string of the molecule is Cc1cc(S(=O)(=O)N2CC[C@H]2C(=O)NCC#Cc2ccccc2)c2[nH]ncc2c1. The number of aryl methyl sites for hydroxylation is 1. The van der Waals surface area contributed by atoms with E-state index in [0.29, 0.717) is 18.5 Å². The van der Waals surface area contributed by atoms with Crippen LogP contribution in [0.3, 0.4) is 0 Å². The number of aromatic amines is 1. The van der Waals surface area contributed by atoms with Gasteiger partial charge in [-0.3, -0.25) is 9.89 Å². The van der Waals surface area contributed by atoms with Crippen molar-refractivity contribution in [3.8, 4) is 11.8 Å². The molecule has 0 aliphatic carbocycles. The van der Waals surface area contributed by atoms with Crippen molar-refractivity contribution in [2.24, 2.45) is 0 Å². The first-order valence-electron chi connectivity index (χ1n) is 9.24. The summed E-state index contributed by atoms with van der Waals surface area (Å²) in [7, 11) is -3.82. The van der Waals surface area contributed by atoms with Crippen LogP contribution >= 0.6 is 0 Å². The van der Waals surface area contributed by atoms with Gasteiger partial charge in [0, 0.05) is 17.5 Å². The summed E-state index contributed by atoms with van der Waals surface area (Å²) in [5.74, 6) is 5.51. The number of rotatable bonds is 4. The van der Waals surface area contributed by atoms with Gasteiger partial charge in [-0.25, -0.2) is 8.42 Å². The fourth-order valence-corrected chi connectivity index (χ4v) is 5.22. The number of amides is 1. The average molecular weight is 408 g/mol. The van der Waals surface area contributed by atoms with E-state index >= 15 is 0 Å². The number of hydrogen-bond acceptors (Lipinski definition) is 4. The predicted molar refractivity (Wildman–Crippen MR) is 109 cm³/mol. The summed E-state index contributed by atoms with van der Waals surface area (Å²) in [4.78, 5) is 12.6. The van der Waals surface area contributed by atoms with Crippen LogP contribution in [0.1, 0.15) is 17.5 Å². The average Bonchev–Trinajstić information content (AvgIpc) is 3.12. The van der Waals surface area contributed by atoms with Crippen molar-refractivity contribution in [2.45, 2.75) is 24.3 Å². The lowest BCUT2D eigenvalue weighted by Crippen LogP contribution is -2.58. The maximum Gasteiger partial charge on any atom is 0.245 e.